The van der Waals surface area contributed by atoms with E-state index >= 15 is 0 Å². The number of aryl methyl sites for hydroxylation is 2. The van der Waals surface area contributed by atoms with Crippen molar-refractivity contribution in [3.8, 4) is 0 Å². The normalized spacial score (nSPS) is 13.7. The molecular weight excluding hydrogens is 296 g/mol. The maximum atomic E-state index is 11.4. The highest BCUT2D eigenvalue weighted by atomic mass is 79.9. The topological polar surface area (TPSA) is 55.1 Å². The lowest BCUT2D eigenvalue weighted by atomic mass is 9.78. The predicted molar refractivity (Wildman–Crippen MR) is 74.6 cm³/mol. The summed E-state index contributed by atoms with van der Waals surface area (Å²) in [4.78, 5) is 11.4. The molecule has 0 spiro atoms. The van der Waals surface area contributed by atoms with Crippen LogP contribution in [0.3, 0.4) is 0 Å². The molecule has 0 amide bonds. The van der Waals surface area contributed by atoms with Gasteiger partial charge in [-0.15, -0.1) is 0 Å². The van der Waals surface area contributed by atoms with E-state index in [4.69, 9.17) is 0 Å². The average Bonchev–Trinajstić information content (AvgIpc) is 2.49. The van der Waals surface area contributed by atoms with E-state index in [0.717, 1.165) is 22.3 Å². The summed E-state index contributed by atoms with van der Waals surface area (Å²) in [6.07, 6.45) is 1.32. The molecule has 0 saturated carbocycles. The van der Waals surface area contributed by atoms with E-state index in [1.165, 1.54) is 0 Å². The monoisotopic (exact) mass is 316 g/mol. The summed E-state index contributed by atoms with van der Waals surface area (Å²) < 4.78 is 2.73. The third-order valence-corrected chi connectivity index (χ3v) is 4.16. The van der Waals surface area contributed by atoms with Gasteiger partial charge in [0.25, 0.3) is 0 Å². The van der Waals surface area contributed by atoms with Crippen LogP contribution < -0.4 is 0 Å². The van der Waals surface area contributed by atoms with E-state index in [-0.39, 0.29) is 5.41 Å². The summed E-state index contributed by atoms with van der Waals surface area (Å²) >= 11 is 3.53. The van der Waals surface area contributed by atoms with Crippen LogP contribution in [0.2, 0.25) is 0 Å². The number of aromatic nitrogens is 2. The first-order valence-corrected chi connectivity index (χ1v) is 6.90. The smallest absolute Gasteiger partial charge is 0.307 e. The number of aliphatic carboxylic acids is 1. The van der Waals surface area contributed by atoms with E-state index in [0.29, 0.717) is 6.42 Å². The molecule has 0 radical (unpaired) electrons. The highest BCUT2D eigenvalue weighted by molar-refractivity contribution is 9.10. The van der Waals surface area contributed by atoms with E-state index < -0.39 is 11.9 Å². The van der Waals surface area contributed by atoms with Crippen molar-refractivity contribution in [3.63, 3.8) is 0 Å². The first kappa shape index (κ1) is 15.2. The molecule has 1 unspecified atom stereocenters. The minimum absolute atomic E-state index is 0.276. The van der Waals surface area contributed by atoms with E-state index in [2.05, 4.69) is 21.0 Å². The van der Waals surface area contributed by atoms with Gasteiger partial charge in [-0.2, -0.15) is 5.10 Å². The number of hydrogen-bond donors (Lipinski definition) is 1. The molecule has 102 valence electrons. The molecule has 1 N–H and O–H groups in total. The minimum Gasteiger partial charge on any atom is -0.481 e. The lowest BCUT2D eigenvalue weighted by Crippen LogP contribution is -2.31. The van der Waals surface area contributed by atoms with Gasteiger partial charge in [-0.3, -0.25) is 9.48 Å². The Balaban J connectivity index is 3.09. The predicted octanol–water partition coefficient (Wildman–Crippen LogP) is 3.03. The van der Waals surface area contributed by atoms with Crippen molar-refractivity contribution in [1.82, 2.24) is 9.78 Å². The molecule has 0 fully saturated rings. The van der Waals surface area contributed by atoms with E-state index in [9.17, 15) is 9.90 Å². The highest BCUT2D eigenvalue weighted by Crippen LogP contribution is 2.32. The number of carboxylic acids is 1. The molecule has 1 aromatic heterocycles. The van der Waals surface area contributed by atoms with Crippen LogP contribution in [0.1, 0.15) is 39.1 Å². The Morgan fingerprint density at radius 1 is 1.50 bits per heavy atom. The van der Waals surface area contributed by atoms with Gasteiger partial charge in [0.1, 0.15) is 0 Å². The van der Waals surface area contributed by atoms with Crippen LogP contribution >= 0.6 is 15.9 Å². The Morgan fingerprint density at radius 2 is 2.06 bits per heavy atom. The summed E-state index contributed by atoms with van der Waals surface area (Å²) in [5, 5.41) is 13.8. The second-order valence-corrected chi connectivity index (χ2v) is 6.44. The van der Waals surface area contributed by atoms with Crippen molar-refractivity contribution in [1.29, 1.82) is 0 Å². The van der Waals surface area contributed by atoms with Crippen molar-refractivity contribution in [3.05, 3.63) is 15.9 Å². The minimum atomic E-state index is -0.756. The highest BCUT2D eigenvalue weighted by Gasteiger charge is 2.33. The molecular formula is C13H21BrN2O2. The third-order valence-electron chi connectivity index (χ3n) is 3.24. The molecule has 0 aliphatic rings. The number of carbonyl (C=O) groups is 1. The van der Waals surface area contributed by atoms with Crippen LogP contribution in [0.15, 0.2) is 4.47 Å². The Morgan fingerprint density at radius 3 is 2.39 bits per heavy atom. The number of hydrogen-bond acceptors (Lipinski definition) is 2. The molecule has 0 saturated heterocycles. The Labute approximate surface area is 117 Å². The van der Waals surface area contributed by atoms with Gasteiger partial charge in [0.2, 0.25) is 0 Å². The first-order valence-electron chi connectivity index (χ1n) is 6.11. The molecule has 18 heavy (non-hydrogen) atoms. The standard InChI is InChI=1S/C13H21BrN2O2/c1-6-9-11(14)10(16(5)15-9)7-8(12(17)18)13(2,3)4/h8H,6-7H2,1-5H3,(H,17,18). The summed E-state index contributed by atoms with van der Waals surface area (Å²) in [6.45, 7) is 7.90. The summed E-state index contributed by atoms with van der Waals surface area (Å²) in [6, 6.07) is 0. The van der Waals surface area contributed by atoms with Gasteiger partial charge >= 0.3 is 5.97 Å². The van der Waals surface area contributed by atoms with Crippen molar-refractivity contribution < 1.29 is 9.90 Å². The molecule has 0 aliphatic heterocycles. The third kappa shape index (κ3) is 3.13. The molecule has 1 aromatic rings. The second kappa shape index (κ2) is 5.43. The van der Waals surface area contributed by atoms with Gasteiger partial charge in [-0.25, -0.2) is 0 Å². The fraction of sp³-hybridized carbons (Fsp3) is 0.692. The molecule has 0 aliphatic carbocycles. The lowest BCUT2D eigenvalue weighted by Gasteiger charge is -2.27. The molecule has 0 bridgehead atoms. The molecule has 1 heterocycles. The number of nitrogens with zero attached hydrogens (tertiary/aromatic N) is 2. The zero-order valence-corrected chi connectivity index (χ0v) is 13.2. The van der Waals surface area contributed by atoms with E-state index in [1.807, 2.05) is 34.7 Å². The first-order chi connectivity index (χ1) is 8.18. The van der Waals surface area contributed by atoms with Crippen LogP contribution in [-0.4, -0.2) is 20.9 Å². The van der Waals surface area contributed by atoms with Gasteiger partial charge in [0, 0.05) is 13.5 Å². The fourth-order valence-corrected chi connectivity index (χ4v) is 2.78. The quantitative estimate of drug-likeness (QED) is 0.928. The average molecular weight is 317 g/mol. The summed E-state index contributed by atoms with van der Waals surface area (Å²) in [5.74, 6) is -1.18. The number of halogens is 1. The largest absolute Gasteiger partial charge is 0.481 e. The maximum Gasteiger partial charge on any atom is 0.307 e. The van der Waals surface area contributed by atoms with Crippen LogP contribution in [-0.2, 0) is 24.7 Å². The van der Waals surface area contributed by atoms with E-state index in [1.54, 1.807) is 4.68 Å². The molecule has 1 atom stereocenters. The van der Waals surface area contributed by atoms with Crippen LogP contribution in [0.4, 0.5) is 0 Å². The van der Waals surface area contributed by atoms with Crippen molar-refractivity contribution in [2.75, 3.05) is 0 Å². The summed E-state index contributed by atoms with van der Waals surface area (Å²) in [7, 11) is 1.86. The lowest BCUT2D eigenvalue weighted by molar-refractivity contribution is -0.145. The van der Waals surface area contributed by atoms with Gasteiger partial charge in [0.05, 0.1) is 21.8 Å². The van der Waals surface area contributed by atoms with Crippen molar-refractivity contribution >= 4 is 21.9 Å². The molecule has 0 aromatic carbocycles. The van der Waals surface area contributed by atoms with Crippen molar-refractivity contribution in [2.24, 2.45) is 18.4 Å². The molecule has 1 rings (SSSR count). The van der Waals surface area contributed by atoms with Gasteiger partial charge in [-0.05, 0) is 27.8 Å². The zero-order chi connectivity index (χ0) is 14.1. The van der Waals surface area contributed by atoms with Gasteiger partial charge < -0.3 is 5.11 Å². The Bertz CT molecular complexity index is 447. The molecule has 5 heteroatoms. The zero-order valence-electron chi connectivity index (χ0n) is 11.6. The summed E-state index contributed by atoms with van der Waals surface area (Å²) in [5.41, 5.74) is 1.65. The molecule has 4 nitrogen and oxygen atoms in total. The van der Waals surface area contributed by atoms with Crippen molar-refractivity contribution in [2.45, 2.75) is 40.5 Å². The van der Waals surface area contributed by atoms with Gasteiger partial charge in [0.15, 0.2) is 0 Å². The number of carboxylic acid groups (broad SMARTS) is 1. The Kier molecular flexibility index (Phi) is 4.59. The van der Waals surface area contributed by atoms with Crippen LogP contribution in [0.5, 0.6) is 0 Å². The van der Waals surface area contributed by atoms with Crippen LogP contribution in [0.25, 0.3) is 0 Å². The SMILES string of the molecule is CCc1nn(C)c(CC(C(=O)O)C(C)(C)C)c1Br. The second-order valence-electron chi connectivity index (χ2n) is 5.65. The van der Waals surface area contributed by atoms with Crippen LogP contribution in [0, 0.1) is 11.3 Å². The van der Waals surface area contributed by atoms with Gasteiger partial charge in [-0.1, -0.05) is 27.7 Å². The maximum absolute atomic E-state index is 11.4. The fourth-order valence-electron chi connectivity index (χ4n) is 2.00. The Hall–Kier alpha value is -0.840. The number of rotatable bonds is 4.